The molecule has 0 saturated carbocycles. The van der Waals surface area contributed by atoms with Crippen LogP contribution in [0.3, 0.4) is 0 Å². The number of thiocarbonyl (C=S) groups is 1. The molecule has 92 valence electrons. The Hall–Kier alpha value is -1.09. The van der Waals surface area contributed by atoms with E-state index in [2.05, 4.69) is 12.1 Å². The number of benzene rings is 1. The molecule has 0 aromatic heterocycles. The predicted octanol–water partition coefficient (Wildman–Crippen LogP) is 3.01. The summed E-state index contributed by atoms with van der Waals surface area (Å²) in [5, 5.41) is 0. The number of hydrogen-bond donors (Lipinski definition) is 1. The van der Waals surface area contributed by atoms with Crippen LogP contribution >= 0.6 is 12.2 Å². The third kappa shape index (κ3) is 2.78. The minimum atomic E-state index is -0.585. The first-order chi connectivity index (χ1) is 7.99. The number of ether oxygens (including phenoxy) is 1. The van der Waals surface area contributed by atoms with Gasteiger partial charge in [-0.3, -0.25) is 0 Å². The van der Waals surface area contributed by atoms with Gasteiger partial charge in [0.25, 0.3) is 0 Å². The van der Waals surface area contributed by atoms with Crippen molar-refractivity contribution in [1.82, 2.24) is 0 Å². The summed E-state index contributed by atoms with van der Waals surface area (Å²) in [7, 11) is 0. The fourth-order valence-corrected chi connectivity index (χ4v) is 2.16. The van der Waals surface area contributed by atoms with Gasteiger partial charge in [0.05, 0.1) is 0 Å². The van der Waals surface area contributed by atoms with Crippen LogP contribution < -0.4 is 10.5 Å². The van der Waals surface area contributed by atoms with Crippen LogP contribution in [0.5, 0.6) is 5.75 Å². The van der Waals surface area contributed by atoms with Crippen LogP contribution in [0.4, 0.5) is 0 Å². The van der Waals surface area contributed by atoms with Gasteiger partial charge in [0.1, 0.15) is 10.7 Å². The molecule has 0 unspecified atom stereocenters. The van der Waals surface area contributed by atoms with E-state index in [0.29, 0.717) is 4.99 Å². The number of nitrogens with two attached hydrogens (primary N) is 1. The second-order valence-corrected chi connectivity index (χ2v) is 5.55. The van der Waals surface area contributed by atoms with E-state index in [1.165, 1.54) is 30.4 Å². The van der Waals surface area contributed by atoms with E-state index in [4.69, 9.17) is 22.7 Å². The van der Waals surface area contributed by atoms with E-state index in [9.17, 15) is 0 Å². The van der Waals surface area contributed by atoms with Crippen molar-refractivity contribution in [3.05, 3.63) is 29.3 Å². The molecule has 3 heteroatoms. The molecule has 2 nitrogen and oxygen atoms in total. The zero-order chi connectivity index (χ0) is 12.5. The van der Waals surface area contributed by atoms with Gasteiger partial charge in [-0.1, -0.05) is 18.3 Å². The summed E-state index contributed by atoms with van der Waals surface area (Å²) >= 11 is 5.00. The van der Waals surface area contributed by atoms with E-state index >= 15 is 0 Å². The number of hydrogen-bond acceptors (Lipinski definition) is 2. The van der Waals surface area contributed by atoms with E-state index < -0.39 is 5.60 Å². The topological polar surface area (TPSA) is 35.2 Å². The minimum Gasteiger partial charge on any atom is -0.481 e. The van der Waals surface area contributed by atoms with Crippen LogP contribution in [0, 0.1) is 0 Å². The second-order valence-electron chi connectivity index (χ2n) is 5.11. The van der Waals surface area contributed by atoms with Gasteiger partial charge >= 0.3 is 0 Å². The SMILES string of the molecule is CC(C)(Oc1ccc2c(c1)CCCC2)C(N)=S. The standard InChI is InChI=1S/C14H19NOS/c1-14(2,13(15)17)16-12-8-7-10-5-3-4-6-11(10)9-12/h7-9H,3-6H2,1-2H3,(H2,15,17). The van der Waals surface area contributed by atoms with Gasteiger partial charge in [-0.05, 0) is 62.8 Å². The van der Waals surface area contributed by atoms with Gasteiger partial charge in [0, 0.05) is 0 Å². The molecule has 0 atom stereocenters. The highest BCUT2D eigenvalue weighted by Crippen LogP contribution is 2.27. The van der Waals surface area contributed by atoms with Gasteiger partial charge in [0.15, 0.2) is 5.60 Å². The third-order valence-electron chi connectivity index (χ3n) is 3.29. The largest absolute Gasteiger partial charge is 0.481 e. The van der Waals surface area contributed by atoms with Crippen LogP contribution in [-0.2, 0) is 12.8 Å². The molecule has 2 N–H and O–H groups in total. The van der Waals surface area contributed by atoms with Gasteiger partial charge < -0.3 is 10.5 Å². The maximum atomic E-state index is 5.86. The van der Waals surface area contributed by atoms with Gasteiger partial charge in [-0.2, -0.15) is 0 Å². The van der Waals surface area contributed by atoms with E-state index in [1.807, 2.05) is 19.9 Å². The van der Waals surface area contributed by atoms with Crippen molar-refractivity contribution in [2.45, 2.75) is 45.1 Å². The summed E-state index contributed by atoms with van der Waals surface area (Å²) in [5.74, 6) is 0.864. The smallest absolute Gasteiger partial charge is 0.153 e. The van der Waals surface area contributed by atoms with E-state index in [-0.39, 0.29) is 0 Å². The molecule has 0 amide bonds. The minimum absolute atomic E-state index is 0.384. The summed E-state index contributed by atoms with van der Waals surface area (Å²) in [6.45, 7) is 3.80. The fraction of sp³-hybridized carbons (Fsp3) is 0.500. The molecule has 0 aliphatic heterocycles. The molecule has 1 aliphatic carbocycles. The lowest BCUT2D eigenvalue weighted by molar-refractivity contribution is 0.183. The molecule has 0 spiro atoms. The molecule has 2 rings (SSSR count). The third-order valence-corrected chi connectivity index (χ3v) is 3.78. The zero-order valence-corrected chi connectivity index (χ0v) is 11.3. The molecule has 0 fully saturated rings. The van der Waals surface area contributed by atoms with Crippen LogP contribution in [0.15, 0.2) is 18.2 Å². The Morgan fingerprint density at radius 1 is 1.24 bits per heavy atom. The van der Waals surface area contributed by atoms with Gasteiger partial charge in [-0.15, -0.1) is 0 Å². The molecule has 1 aliphatic rings. The Morgan fingerprint density at radius 2 is 1.88 bits per heavy atom. The molecular weight excluding hydrogens is 230 g/mol. The quantitative estimate of drug-likeness (QED) is 0.836. The number of aryl methyl sites for hydroxylation is 2. The van der Waals surface area contributed by atoms with E-state index in [0.717, 1.165) is 12.2 Å². The summed E-state index contributed by atoms with van der Waals surface area (Å²) in [5.41, 5.74) is 7.94. The van der Waals surface area contributed by atoms with E-state index in [1.54, 1.807) is 0 Å². The highest BCUT2D eigenvalue weighted by molar-refractivity contribution is 7.80. The van der Waals surface area contributed by atoms with Crippen molar-refractivity contribution in [3.63, 3.8) is 0 Å². The van der Waals surface area contributed by atoms with Crippen molar-refractivity contribution in [2.75, 3.05) is 0 Å². The predicted molar refractivity (Wildman–Crippen MR) is 74.6 cm³/mol. The van der Waals surface area contributed by atoms with Crippen molar-refractivity contribution in [1.29, 1.82) is 0 Å². The lowest BCUT2D eigenvalue weighted by Crippen LogP contribution is -2.42. The molecule has 1 aromatic rings. The van der Waals surface area contributed by atoms with Crippen molar-refractivity contribution in [2.24, 2.45) is 5.73 Å². The van der Waals surface area contributed by atoms with Crippen molar-refractivity contribution < 1.29 is 4.74 Å². The lowest BCUT2D eigenvalue weighted by atomic mass is 9.92. The normalized spacial score (nSPS) is 15.2. The maximum absolute atomic E-state index is 5.86. The highest BCUT2D eigenvalue weighted by Gasteiger charge is 2.23. The van der Waals surface area contributed by atoms with Crippen LogP contribution in [0.25, 0.3) is 0 Å². The van der Waals surface area contributed by atoms with Crippen LogP contribution in [-0.4, -0.2) is 10.6 Å². The lowest BCUT2D eigenvalue weighted by Gasteiger charge is -2.26. The van der Waals surface area contributed by atoms with Gasteiger partial charge in [-0.25, -0.2) is 0 Å². The molecule has 0 heterocycles. The first-order valence-corrected chi connectivity index (χ1v) is 6.50. The Morgan fingerprint density at radius 3 is 2.53 bits per heavy atom. The van der Waals surface area contributed by atoms with Crippen molar-refractivity contribution >= 4 is 17.2 Å². The zero-order valence-electron chi connectivity index (χ0n) is 10.5. The summed E-state index contributed by atoms with van der Waals surface area (Å²) in [6.07, 6.45) is 4.91. The maximum Gasteiger partial charge on any atom is 0.153 e. The Bertz CT molecular complexity index is 440. The molecule has 17 heavy (non-hydrogen) atoms. The van der Waals surface area contributed by atoms with Crippen molar-refractivity contribution in [3.8, 4) is 5.75 Å². The molecule has 1 aromatic carbocycles. The van der Waals surface area contributed by atoms with Crippen LogP contribution in [0.2, 0.25) is 0 Å². The summed E-state index contributed by atoms with van der Waals surface area (Å²) in [4.78, 5) is 0.384. The second kappa shape index (κ2) is 4.65. The summed E-state index contributed by atoms with van der Waals surface area (Å²) < 4.78 is 5.86. The Kier molecular flexibility index (Phi) is 3.38. The van der Waals surface area contributed by atoms with Gasteiger partial charge in [0.2, 0.25) is 0 Å². The fourth-order valence-electron chi connectivity index (χ4n) is 2.12. The average Bonchev–Trinajstić information content (AvgIpc) is 2.28. The Labute approximate surface area is 108 Å². The molecule has 0 radical (unpaired) electrons. The molecule has 0 bridgehead atoms. The number of rotatable bonds is 3. The average molecular weight is 249 g/mol. The first kappa shape index (κ1) is 12.4. The monoisotopic (exact) mass is 249 g/mol. The number of fused-ring (bicyclic) bond motifs is 1. The van der Waals surface area contributed by atoms with Crippen LogP contribution in [0.1, 0.15) is 37.8 Å². The molecule has 0 saturated heterocycles. The highest BCUT2D eigenvalue weighted by atomic mass is 32.1. The summed E-state index contributed by atoms with van der Waals surface area (Å²) in [6, 6.07) is 6.32. The Balaban J connectivity index is 2.20. The molecular formula is C14H19NOS. The first-order valence-electron chi connectivity index (χ1n) is 6.10.